The fourth-order valence-corrected chi connectivity index (χ4v) is 1.78. The first kappa shape index (κ1) is 15.5. The monoisotopic (exact) mass is 299 g/mol. The zero-order valence-corrected chi connectivity index (χ0v) is 12.4. The normalized spacial score (nSPS) is 9.91. The van der Waals surface area contributed by atoms with Crippen LogP contribution in [0.3, 0.4) is 0 Å². The van der Waals surface area contributed by atoms with E-state index < -0.39 is 11.8 Å². The van der Waals surface area contributed by atoms with Gasteiger partial charge in [-0.25, -0.2) is 4.98 Å². The number of carbonyl (C=O) groups is 2. The van der Waals surface area contributed by atoms with Gasteiger partial charge in [-0.1, -0.05) is 12.1 Å². The molecule has 0 aliphatic carbocycles. The highest BCUT2D eigenvalue weighted by molar-refractivity contribution is 6.39. The van der Waals surface area contributed by atoms with Gasteiger partial charge >= 0.3 is 11.8 Å². The maximum absolute atomic E-state index is 11.8. The molecule has 6 heteroatoms. The van der Waals surface area contributed by atoms with Gasteiger partial charge in [0.15, 0.2) is 0 Å². The van der Waals surface area contributed by atoms with Crippen molar-refractivity contribution in [2.45, 2.75) is 13.5 Å². The van der Waals surface area contributed by atoms with Gasteiger partial charge in [0.25, 0.3) is 0 Å². The Morgan fingerprint density at radius 3 is 2.50 bits per heavy atom. The number of pyridine rings is 1. The number of anilines is 1. The highest BCUT2D eigenvalue weighted by atomic mass is 16.5. The molecule has 0 atom stereocenters. The molecule has 0 aliphatic rings. The maximum atomic E-state index is 11.8. The first-order chi connectivity index (χ1) is 10.6. The molecule has 0 fully saturated rings. The molecule has 2 rings (SSSR count). The number of benzene rings is 1. The summed E-state index contributed by atoms with van der Waals surface area (Å²) in [5, 5.41) is 5.01. The Morgan fingerprint density at radius 1 is 1.14 bits per heavy atom. The summed E-state index contributed by atoms with van der Waals surface area (Å²) in [4.78, 5) is 27.5. The van der Waals surface area contributed by atoms with Crippen molar-refractivity contribution in [3.63, 3.8) is 0 Å². The number of amides is 2. The Morgan fingerprint density at radius 2 is 1.86 bits per heavy atom. The number of hydrogen-bond donors (Lipinski definition) is 2. The van der Waals surface area contributed by atoms with E-state index >= 15 is 0 Å². The smallest absolute Gasteiger partial charge is 0.314 e. The van der Waals surface area contributed by atoms with Crippen LogP contribution in [-0.2, 0) is 16.1 Å². The molecule has 0 bridgehead atoms. The summed E-state index contributed by atoms with van der Waals surface area (Å²) in [5.74, 6) is -0.367. The van der Waals surface area contributed by atoms with Crippen LogP contribution >= 0.6 is 0 Å². The molecule has 1 heterocycles. The second-order valence-electron chi connectivity index (χ2n) is 4.70. The summed E-state index contributed by atoms with van der Waals surface area (Å²) < 4.78 is 5.05. The van der Waals surface area contributed by atoms with Gasteiger partial charge in [-0.05, 0) is 42.3 Å². The summed E-state index contributed by atoms with van der Waals surface area (Å²) in [7, 11) is 1.58. The van der Waals surface area contributed by atoms with Gasteiger partial charge in [0.2, 0.25) is 0 Å². The molecule has 1 aromatic carbocycles. The highest BCUT2D eigenvalue weighted by Crippen LogP contribution is 2.11. The van der Waals surface area contributed by atoms with Gasteiger partial charge in [0.1, 0.15) is 11.6 Å². The van der Waals surface area contributed by atoms with E-state index in [1.54, 1.807) is 37.6 Å². The summed E-state index contributed by atoms with van der Waals surface area (Å²) >= 11 is 0. The number of aryl methyl sites for hydroxylation is 1. The van der Waals surface area contributed by atoms with Crippen LogP contribution in [0.4, 0.5) is 5.82 Å². The minimum absolute atomic E-state index is 0.261. The lowest BCUT2D eigenvalue weighted by molar-refractivity contribution is -0.136. The van der Waals surface area contributed by atoms with E-state index in [4.69, 9.17) is 4.74 Å². The van der Waals surface area contributed by atoms with Gasteiger partial charge in [-0.2, -0.15) is 0 Å². The van der Waals surface area contributed by atoms with Crippen LogP contribution in [0.2, 0.25) is 0 Å². The third-order valence-electron chi connectivity index (χ3n) is 2.98. The van der Waals surface area contributed by atoms with Crippen molar-refractivity contribution in [1.29, 1.82) is 0 Å². The number of rotatable bonds is 4. The largest absolute Gasteiger partial charge is 0.497 e. The Labute approximate surface area is 128 Å². The van der Waals surface area contributed by atoms with Crippen molar-refractivity contribution in [2.24, 2.45) is 0 Å². The number of hydrogen-bond acceptors (Lipinski definition) is 4. The topological polar surface area (TPSA) is 80.3 Å². The van der Waals surface area contributed by atoms with E-state index in [2.05, 4.69) is 15.6 Å². The molecule has 22 heavy (non-hydrogen) atoms. The third kappa shape index (κ3) is 4.31. The lowest BCUT2D eigenvalue weighted by atomic mass is 10.2. The van der Waals surface area contributed by atoms with Crippen molar-refractivity contribution in [3.8, 4) is 5.75 Å². The number of aromatic nitrogens is 1. The zero-order valence-electron chi connectivity index (χ0n) is 12.4. The third-order valence-corrected chi connectivity index (χ3v) is 2.98. The van der Waals surface area contributed by atoms with E-state index in [9.17, 15) is 9.59 Å². The number of carbonyl (C=O) groups excluding carboxylic acids is 2. The van der Waals surface area contributed by atoms with Gasteiger partial charge in [0.05, 0.1) is 7.11 Å². The first-order valence-electron chi connectivity index (χ1n) is 6.73. The maximum Gasteiger partial charge on any atom is 0.314 e. The van der Waals surface area contributed by atoms with Crippen molar-refractivity contribution in [1.82, 2.24) is 10.3 Å². The summed E-state index contributed by atoms with van der Waals surface area (Å²) in [6.45, 7) is 2.14. The Balaban J connectivity index is 1.87. The molecule has 0 unspecified atom stereocenters. The second kappa shape index (κ2) is 7.21. The molecule has 2 N–H and O–H groups in total. The average Bonchev–Trinajstić information content (AvgIpc) is 2.53. The van der Waals surface area contributed by atoms with E-state index in [0.29, 0.717) is 5.82 Å². The highest BCUT2D eigenvalue weighted by Gasteiger charge is 2.13. The van der Waals surface area contributed by atoms with E-state index in [0.717, 1.165) is 16.9 Å². The average molecular weight is 299 g/mol. The molecule has 0 radical (unpaired) electrons. The van der Waals surface area contributed by atoms with Crippen molar-refractivity contribution < 1.29 is 14.3 Å². The molecule has 1 aromatic heterocycles. The molecule has 6 nitrogen and oxygen atoms in total. The van der Waals surface area contributed by atoms with Gasteiger partial charge in [-0.15, -0.1) is 0 Å². The molecule has 2 amide bonds. The van der Waals surface area contributed by atoms with E-state index in [1.807, 2.05) is 19.1 Å². The fraction of sp³-hybridized carbons (Fsp3) is 0.188. The molecular formula is C16H17N3O3. The van der Waals surface area contributed by atoms with Crippen LogP contribution in [-0.4, -0.2) is 23.9 Å². The summed E-state index contributed by atoms with van der Waals surface area (Å²) in [5.41, 5.74) is 1.82. The summed E-state index contributed by atoms with van der Waals surface area (Å²) in [6, 6.07) is 10.7. The Hall–Kier alpha value is -2.89. The molecule has 2 aromatic rings. The van der Waals surface area contributed by atoms with Crippen LogP contribution in [0.15, 0.2) is 42.6 Å². The SMILES string of the molecule is COc1ccc(CNC(=O)C(=O)Nc2cc(C)ccn2)cc1. The van der Waals surface area contributed by atoms with Crippen molar-refractivity contribution in [2.75, 3.05) is 12.4 Å². The standard InChI is InChI=1S/C16H17N3O3/c1-11-7-8-17-14(9-11)19-16(21)15(20)18-10-12-3-5-13(22-2)6-4-12/h3-9H,10H2,1-2H3,(H,18,20)(H,17,19,21). The molecule has 0 aliphatic heterocycles. The first-order valence-corrected chi connectivity index (χ1v) is 6.73. The quantitative estimate of drug-likeness (QED) is 0.841. The van der Waals surface area contributed by atoms with Gasteiger partial charge in [-0.3, -0.25) is 9.59 Å². The molecular weight excluding hydrogens is 282 g/mol. The second-order valence-corrected chi connectivity index (χ2v) is 4.70. The van der Waals surface area contributed by atoms with Crippen LogP contribution in [0.1, 0.15) is 11.1 Å². The van der Waals surface area contributed by atoms with Crippen molar-refractivity contribution in [3.05, 3.63) is 53.7 Å². The van der Waals surface area contributed by atoms with Gasteiger partial charge < -0.3 is 15.4 Å². The molecule has 0 spiro atoms. The Bertz CT molecular complexity index is 669. The number of nitrogens with zero attached hydrogens (tertiary/aromatic N) is 1. The zero-order chi connectivity index (χ0) is 15.9. The summed E-state index contributed by atoms with van der Waals surface area (Å²) in [6.07, 6.45) is 1.57. The fourth-order valence-electron chi connectivity index (χ4n) is 1.78. The predicted octanol–water partition coefficient (Wildman–Crippen LogP) is 1.65. The van der Waals surface area contributed by atoms with Crippen LogP contribution in [0.25, 0.3) is 0 Å². The van der Waals surface area contributed by atoms with Crippen LogP contribution in [0, 0.1) is 6.92 Å². The minimum atomic E-state index is -0.744. The number of nitrogens with one attached hydrogen (secondary N) is 2. The van der Waals surface area contributed by atoms with Crippen LogP contribution in [0.5, 0.6) is 5.75 Å². The lowest BCUT2D eigenvalue weighted by Crippen LogP contribution is -2.35. The van der Waals surface area contributed by atoms with E-state index in [-0.39, 0.29) is 6.54 Å². The predicted molar refractivity (Wildman–Crippen MR) is 82.4 cm³/mol. The molecule has 0 saturated heterocycles. The lowest BCUT2D eigenvalue weighted by Gasteiger charge is -2.07. The molecule has 114 valence electrons. The minimum Gasteiger partial charge on any atom is -0.497 e. The number of methoxy groups -OCH3 is 1. The Kier molecular flexibility index (Phi) is 5.08. The van der Waals surface area contributed by atoms with Crippen molar-refractivity contribution >= 4 is 17.6 Å². The van der Waals surface area contributed by atoms with Gasteiger partial charge in [0, 0.05) is 12.7 Å². The van der Waals surface area contributed by atoms with E-state index in [1.165, 1.54) is 0 Å². The van der Waals surface area contributed by atoms with Crippen LogP contribution < -0.4 is 15.4 Å². The number of ether oxygens (including phenoxy) is 1. The molecule has 0 saturated carbocycles.